The van der Waals surface area contributed by atoms with Crippen molar-refractivity contribution in [3.63, 3.8) is 0 Å². The van der Waals surface area contributed by atoms with Crippen LogP contribution in [-0.4, -0.2) is 44.3 Å². The number of esters is 1. The molecule has 0 aromatic heterocycles. The van der Waals surface area contributed by atoms with Crippen molar-refractivity contribution in [1.82, 2.24) is 0 Å². The van der Waals surface area contributed by atoms with E-state index < -0.39 is 11.8 Å². The molecule has 8 heteroatoms. The first-order valence-corrected chi connectivity index (χ1v) is 8.76. The topological polar surface area (TPSA) is 95.8 Å². The summed E-state index contributed by atoms with van der Waals surface area (Å²) in [5.41, 5.74) is 2.24. The minimum atomic E-state index is -2.03. The first-order chi connectivity index (χ1) is 13.6. The molecule has 3 aliphatic heterocycles. The molecule has 0 unspecified atom stereocenters. The van der Waals surface area contributed by atoms with Gasteiger partial charge in [-0.25, -0.2) is 4.79 Å². The molecule has 144 valence electrons. The lowest BCUT2D eigenvalue weighted by atomic mass is 9.88. The predicted molar refractivity (Wildman–Crippen MR) is 96.5 cm³/mol. The average molecular weight is 383 g/mol. The molecule has 0 aliphatic carbocycles. The Kier molecular flexibility index (Phi) is 3.54. The van der Waals surface area contributed by atoms with Gasteiger partial charge in [-0.1, -0.05) is 0 Å². The average Bonchev–Trinajstić information content (AvgIpc) is 3.27. The van der Waals surface area contributed by atoms with Crippen molar-refractivity contribution >= 4 is 11.7 Å². The number of cyclic esters (lactones) is 1. The number of carbonyl (C=O) groups is 1. The minimum absolute atomic E-state index is 0.125. The molecule has 0 amide bonds. The van der Waals surface area contributed by atoms with Gasteiger partial charge in [0.1, 0.15) is 11.3 Å². The molecule has 2 aromatic carbocycles. The van der Waals surface area contributed by atoms with Crippen molar-refractivity contribution in [2.75, 3.05) is 27.6 Å². The Morgan fingerprint density at radius 3 is 2.68 bits per heavy atom. The van der Waals surface area contributed by atoms with E-state index in [4.69, 9.17) is 23.7 Å². The van der Waals surface area contributed by atoms with E-state index in [0.29, 0.717) is 35.8 Å². The first-order valence-electron chi connectivity index (χ1n) is 8.76. The van der Waals surface area contributed by atoms with Crippen LogP contribution in [-0.2, 0) is 16.9 Å². The summed E-state index contributed by atoms with van der Waals surface area (Å²) in [5, 5.41) is 11.5. The zero-order valence-electron chi connectivity index (χ0n) is 15.3. The van der Waals surface area contributed by atoms with E-state index in [9.17, 15) is 9.90 Å². The van der Waals surface area contributed by atoms with E-state index in [1.807, 2.05) is 6.07 Å². The van der Waals surface area contributed by atoms with Gasteiger partial charge in [0.2, 0.25) is 6.79 Å². The Balaban J connectivity index is 1.69. The van der Waals surface area contributed by atoms with Crippen molar-refractivity contribution in [3.05, 3.63) is 46.5 Å². The largest absolute Gasteiger partial charge is 0.493 e. The molecule has 1 atom stereocenters. The molecule has 0 radical (unpaired) electrons. The standard InChI is InChI=1S/C20H17NO7/c1-24-13-4-3-12-16(17(13)25-2)19(22)28-20(12,23)18-11-8-15-14(26-9-27-15)7-10(11)5-6-21-18/h3-4,7-8,23H,5-6,9H2,1-2H3/t20-/m1/s1. The van der Waals surface area contributed by atoms with E-state index >= 15 is 0 Å². The Morgan fingerprint density at radius 1 is 1.14 bits per heavy atom. The second kappa shape index (κ2) is 5.87. The highest BCUT2D eigenvalue weighted by Gasteiger charge is 2.52. The van der Waals surface area contributed by atoms with Crippen molar-refractivity contribution in [2.24, 2.45) is 4.99 Å². The van der Waals surface area contributed by atoms with Crippen LogP contribution in [0.1, 0.15) is 27.0 Å². The first kappa shape index (κ1) is 16.9. The van der Waals surface area contributed by atoms with Gasteiger partial charge in [-0.05, 0) is 36.2 Å². The van der Waals surface area contributed by atoms with Crippen LogP contribution < -0.4 is 18.9 Å². The number of ether oxygens (including phenoxy) is 5. The summed E-state index contributed by atoms with van der Waals surface area (Å²) in [7, 11) is 2.90. The van der Waals surface area contributed by atoms with Gasteiger partial charge < -0.3 is 28.8 Å². The molecule has 1 N–H and O–H groups in total. The molecule has 5 rings (SSSR count). The summed E-state index contributed by atoms with van der Waals surface area (Å²) < 4.78 is 27.0. The normalized spacial score (nSPS) is 21.5. The molecule has 0 bridgehead atoms. The Bertz CT molecular complexity index is 1050. The molecule has 0 saturated carbocycles. The fourth-order valence-electron chi connectivity index (χ4n) is 3.90. The maximum Gasteiger partial charge on any atom is 0.345 e. The number of rotatable bonds is 3. The van der Waals surface area contributed by atoms with E-state index in [0.717, 1.165) is 5.56 Å². The van der Waals surface area contributed by atoms with Crippen molar-refractivity contribution in [3.8, 4) is 23.0 Å². The van der Waals surface area contributed by atoms with Gasteiger partial charge in [0.15, 0.2) is 23.0 Å². The molecule has 0 spiro atoms. The van der Waals surface area contributed by atoms with E-state index in [1.54, 1.807) is 18.2 Å². The van der Waals surface area contributed by atoms with E-state index in [1.165, 1.54) is 14.2 Å². The summed E-state index contributed by atoms with van der Waals surface area (Å²) in [4.78, 5) is 17.2. The highest BCUT2D eigenvalue weighted by atomic mass is 16.7. The van der Waals surface area contributed by atoms with Gasteiger partial charge in [0.05, 0.1) is 14.2 Å². The zero-order chi connectivity index (χ0) is 19.5. The summed E-state index contributed by atoms with van der Waals surface area (Å²) >= 11 is 0. The van der Waals surface area contributed by atoms with Crippen molar-refractivity contribution in [2.45, 2.75) is 12.2 Å². The summed E-state index contributed by atoms with van der Waals surface area (Å²) in [6.07, 6.45) is 0.679. The summed E-state index contributed by atoms with van der Waals surface area (Å²) in [5.74, 6) is -0.936. The zero-order valence-corrected chi connectivity index (χ0v) is 15.3. The van der Waals surface area contributed by atoms with Gasteiger partial charge >= 0.3 is 5.97 Å². The van der Waals surface area contributed by atoms with Gasteiger partial charge in [0.25, 0.3) is 5.79 Å². The third-order valence-corrected chi connectivity index (χ3v) is 5.18. The lowest BCUT2D eigenvalue weighted by Gasteiger charge is -2.28. The SMILES string of the molecule is COc1ccc2c(c1OC)C(=O)O[C@@]2(O)C1=NCCc2cc3c(cc21)OCO3. The number of benzene rings is 2. The molecule has 3 aliphatic rings. The molecular weight excluding hydrogens is 366 g/mol. The molecule has 8 nitrogen and oxygen atoms in total. The third kappa shape index (κ3) is 2.15. The summed E-state index contributed by atoms with van der Waals surface area (Å²) in [6.45, 7) is 0.592. The molecule has 28 heavy (non-hydrogen) atoms. The Hall–Kier alpha value is -3.26. The van der Waals surface area contributed by atoms with Gasteiger partial charge in [-0.15, -0.1) is 0 Å². The van der Waals surface area contributed by atoms with Crippen LogP contribution >= 0.6 is 0 Å². The van der Waals surface area contributed by atoms with E-state index in [-0.39, 0.29) is 29.4 Å². The van der Waals surface area contributed by atoms with Crippen LogP contribution in [0.4, 0.5) is 0 Å². The number of carbonyl (C=O) groups excluding carboxylic acids is 1. The smallest absolute Gasteiger partial charge is 0.345 e. The minimum Gasteiger partial charge on any atom is -0.493 e. The molecule has 0 fully saturated rings. The number of hydrogen-bond donors (Lipinski definition) is 1. The van der Waals surface area contributed by atoms with Crippen LogP contribution in [0.5, 0.6) is 23.0 Å². The highest BCUT2D eigenvalue weighted by molar-refractivity contribution is 6.13. The van der Waals surface area contributed by atoms with Crippen LogP contribution in [0.25, 0.3) is 0 Å². The van der Waals surface area contributed by atoms with E-state index in [2.05, 4.69) is 4.99 Å². The Morgan fingerprint density at radius 2 is 1.93 bits per heavy atom. The van der Waals surface area contributed by atoms with Gasteiger partial charge in [0, 0.05) is 17.7 Å². The highest BCUT2D eigenvalue weighted by Crippen LogP contribution is 2.47. The number of fused-ring (bicyclic) bond motifs is 3. The van der Waals surface area contributed by atoms with Crippen LogP contribution in [0.3, 0.4) is 0 Å². The summed E-state index contributed by atoms with van der Waals surface area (Å²) in [6, 6.07) is 6.85. The molecule has 3 heterocycles. The lowest BCUT2D eigenvalue weighted by molar-refractivity contribution is -0.106. The predicted octanol–water partition coefficient (Wildman–Crippen LogP) is 1.79. The number of nitrogens with zero attached hydrogens (tertiary/aromatic N) is 1. The molecule has 0 saturated heterocycles. The molecule has 2 aromatic rings. The number of hydrogen-bond acceptors (Lipinski definition) is 8. The van der Waals surface area contributed by atoms with Crippen molar-refractivity contribution < 1.29 is 33.6 Å². The maximum atomic E-state index is 12.7. The second-order valence-electron chi connectivity index (χ2n) is 6.60. The van der Waals surface area contributed by atoms with Crippen LogP contribution in [0, 0.1) is 0 Å². The fourth-order valence-corrected chi connectivity index (χ4v) is 3.90. The van der Waals surface area contributed by atoms with Gasteiger partial charge in [-0.3, -0.25) is 4.99 Å². The monoisotopic (exact) mass is 383 g/mol. The number of methoxy groups -OCH3 is 2. The number of aliphatic imine (C=N–C) groups is 1. The molecular formula is C20H17NO7. The van der Waals surface area contributed by atoms with Crippen molar-refractivity contribution in [1.29, 1.82) is 0 Å². The second-order valence-corrected chi connectivity index (χ2v) is 6.60. The number of aliphatic hydroxyl groups is 1. The maximum absolute atomic E-state index is 12.7. The lowest BCUT2D eigenvalue weighted by Crippen LogP contribution is -2.38. The fraction of sp³-hybridized carbons (Fsp3) is 0.300. The quantitative estimate of drug-likeness (QED) is 0.808. The third-order valence-electron chi connectivity index (χ3n) is 5.18. The van der Waals surface area contributed by atoms with Crippen LogP contribution in [0.2, 0.25) is 0 Å². The van der Waals surface area contributed by atoms with Gasteiger partial charge in [-0.2, -0.15) is 0 Å². The van der Waals surface area contributed by atoms with Crippen LogP contribution in [0.15, 0.2) is 29.3 Å². The Labute approximate surface area is 160 Å².